The molecule has 7 heteroatoms. The molecule has 0 unspecified atom stereocenters. The van der Waals surface area contributed by atoms with E-state index in [1.54, 1.807) is 29.4 Å². The standard InChI is InChI=1S/C23H23N5O2/c1-23(2,3)30-22(29)27-12-13-28-19(15-27)20(17-8-10-25-11-9-17)21(26-28)18-6-4-16(14-24)5-7-18/h4-11H,12-13,15H2,1-3H3. The van der Waals surface area contributed by atoms with Crippen LogP contribution in [0.2, 0.25) is 0 Å². The van der Waals surface area contributed by atoms with Crippen molar-refractivity contribution in [2.24, 2.45) is 0 Å². The summed E-state index contributed by atoms with van der Waals surface area (Å²) in [4.78, 5) is 18.5. The number of aromatic nitrogens is 3. The lowest BCUT2D eigenvalue weighted by molar-refractivity contribution is 0.0195. The number of nitriles is 1. The fourth-order valence-corrected chi connectivity index (χ4v) is 3.53. The highest BCUT2D eigenvalue weighted by molar-refractivity contribution is 5.83. The van der Waals surface area contributed by atoms with Gasteiger partial charge < -0.3 is 9.64 Å². The number of hydrogen-bond acceptors (Lipinski definition) is 5. The molecule has 0 radical (unpaired) electrons. The number of carbonyl (C=O) groups excluding carboxylic acids is 1. The van der Waals surface area contributed by atoms with Gasteiger partial charge in [0.15, 0.2) is 0 Å². The molecule has 0 aliphatic carbocycles. The van der Waals surface area contributed by atoms with E-state index in [-0.39, 0.29) is 6.09 Å². The molecular formula is C23H23N5O2. The van der Waals surface area contributed by atoms with Gasteiger partial charge in [0.25, 0.3) is 0 Å². The molecule has 4 rings (SSSR count). The van der Waals surface area contributed by atoms with Gasteiger partial charge in [0.1, 0.15) is 11.3 Å². The van der Waals surface area contributed by atoms with Gasteiger partial charge in [-0.05, 0) is 50.6 Å². The van der Waals surface area contributed by atoms with Crippen molar-refractivity contribution in [2.75, 3.05) is 6.54 Å². The highest BCUT2D eigenvalue weighted by Gasteiger charge is 2.30. The van der Waals surface area contributed by atoms with Crippen LogP contribution in [0.5, 0.6) is 0 Å². The second-order valence-electron chi connectivity index (χ2n) is 8.22. The Bertz CT molecular complexity index is 1110. The Kier molecular flexibility index (Phi) is 5.00. The molecule has 2 aromatic heterocycles. The van der Waals surface area contributed by atoms with Crippen molar-refractivity contribution < 1.29 is 9.53 Å². The van der Waals surface area contributed by atoms with Crippen LogP contribution in [0.4, 0.5) is 4.79 Å². The van der Waals surface area contributed by atoms with E-state index in [0.717, 1.165) is 28.1 Å². The summed E-state index contributed by atoms with van der Waals surface area (Å²) in [6.07, 6.45) is 3.17. The van der Waals surface area contributed by atoms with Crippen molar-refractivity contribution in [2.45, 2.75) is 39.5 Å². The number of rotatable bonds is 2. The Balaban J connectivity index is 1.77. The topological polar surface area (TPSA) is 84.0 Å². The van der Waals surface area contributed by atoms with Gasteiger partial charge >= 0.3 is 6.09 Å². The smallest absolute Gasteiger partial charge is 0.410 e. The molecule has 1 aromatic carbocycles. The summed E-state index contributed by atoms with van der Waals surface area (Å²) in [5, 5.41) is 14.0. The summed E-state index contributed by atoms with van der Waals surface area (Å²) < 4.78 is 7.53. The van der Waals surface area contributed by atoms with Crippen molar-refractivity contribution in [3.8, 4) is 28.5 Å². The molecule has 0 saturated heterocycles. The first-order valence-electron chi connectivity index (χ1n) is 9.84. The van der Waals surface area contributed by atoms with Gasteiger partial charge in [0.05, 0.1) is 30.4 Å². The maximum Gasteiger partial charge on any atom is 0.410 e. The van der Waals surface area contributed by atoms with Crippen LogP contribution in [0.15, 0.2) is 48.8 Å². The number of fused-ring (bicyclic) bond motifs is 1. The average molecular weight is 401 g/mol. The molecule has 30 heavy (non-hydrogen) atoms. The second-order valence-corrected chi connectivity index (χ2v) is 8.22. The van der Waals surface area contributed by atoms with Crippen molar-refractivity contribution in [1.29, 1.82) is 5.26 Å². The minimum Gasteiger partial charge on any atom is -0.444 e. The third-order valence-corrected chi connectivity index (χ3v) is 4.89. The fourth-order valence-electron chi connectivity index (χ4n) is 3.53. The first-order chi connectivity index (χ1) is 14.4. The normalized spacial score (nSPS) is 13.5. The van der Waals surface area contributed by atoms with Gasteiger partial charge in [0, 0.05) is 30.1 Å². The molecule has 1 aliphatic heterocycles. The van der Waals surface area contributed by atoms with Crippen LogP contribution in [0.1, 0.15) is 32.0 Å². The van der Waals surface area contributed by atoms with Gasteiger partial charge in [-0.1, -0.05) is 12.1 Å². The number of carbonyl (C=O) groups is 1. The Labute approximate surface area is 175 Å². The van der Waals surface area contributed by atoms with Crippen molar-refractivity contribution >= 4 is 6.09 Å². The van der Waals surface area contributed by atoms with E-state index in [2.05, 4.69) is 11.1 Å². The van der Waals surface area contributed by atoms with Crippen molar-refractivity contribution in [3.63, 3.8) is 0 Å². The largest absolute Gasteiger partial charge is 0.444 e. The third-order valence-electron chi connectivity index (χ3n) is 4.89. The van der Waals surface area contributed by atoms with Crippen LogP contribution < -0.4 is 0 Å². The molecule has 0 saturated carbocycles. The molecule has 0 N–H and O–H groups in total. The van der Waals surface area contributed by atoms with E-state index in [4.69, 9.17) is 15.1 Å². The number of benzene rings is 1. The van der Waals surface area contributed by atoms with Gasteiger partial charge in [-0.25, -0.2) is 4.79 Å². The van der Waals surface area contributed by atoms with E-state index in [0.29, 0.717) is 25.2 Å². The minimum atomic E-state index is -0.545. The van der Waals surface area contributed by atoms with Gasteiger partial charge in [-0.3, -0.25) is 9.67 Å². The monoisotopic (exact) mass is 401 g/mol. The van der Waals surface area contributed by atoms with Crippen LogP contribution in [0.3, 0.4) is 0 Å². The van der Waals surface area contributed by atoms with E-state index in [1.165, 1.54) is 0 Å². The number of ether oxygens (including phenoxy) is 1. The number of hydrogen-bond donors (Lipinski definition) is 0. The summed E-state index contributed by atoms with van der Waals surface area (Å²) in [5.41, 5.74) is 4.71. The lowest BCUT2D eigenvalue weighted by atomic mass is 9.98. The van der Waals surface area contributed by atoms with Crippen LogP contribution in [0.25, 0.3) is 22.4 Å². The van der Waals surface area contributed by atoms with Gasteiger partial charge in [0.2, 0.25) is 0 Å². The highest BCUT2D eigenvalue weighted by atomic mass is 16.6. The van der Waals surface area contributed by atoms with E-state index in [1.807, 2.05) is 49.7 Å². The molecule has 3 heterocycles. The third kappa shape index (κ3) is 3.90. The summed E-state index contributed by atoms with van der Waals surface area (Å²) in [6, 6.07) is 13.4. The molecule has 0 spiro atoms. The van der Waals surface area contributed by atoms with Crippen LogP contribution in [-0.4, -0.2) is 37.9 Å². The molecule has 1 amide bonds. The van der Waals surface area contributed by atoms with Crippen LogP contribution in [0, 0.1) is 11.3 Å². The number of pyridine rings is 1. The Morgan fingerprint density at radius 1 is 1.07 bits per heavy atom. The molecule has 1 aliphatic rings. The maximum atomic E-state index is 12.7. The molecule has 152 valence electrons. The van der Waals surface area contributed by atoms with E-state index < -0.39 is 5.60 Å². The number of amides is 1. The molecule has 0 atom stereocenters. The first kappa shape index (κ1) is 19.6. The SMILES string of the molecule is CC(C)(C)OC(=O)N1CCn2nc(-c3ccc(C#N)cc3)c(-c3ccncc3)c2C1. The quantitative estimate of drug-likeness (QED) is 0.641. The van der Waals surface area contributed by atoms with Gasteiger partial charge in [-0.2, -0.15) is 10.4 Å². The molecule has 7 nitrogen and oxygen atoms in total. The van der Waals surface area contributed by atoms with Crippen LogP contribution >= 0.6 is 0 Å². The van der Waals surface area contributed by atoms with Crippen molar-refractivity contribution in [3.05, 3.63) is 60.0 Å². The van der Waals surface area contributed by atoms with Crippen molar-refractivity contribution in [1.82, 2.24) is 19.7 Å². The summed E-state index contributed by atoms with van der Waals surface area (Å²) in [7, 11) is 0. The molecule has 3 aromatic rings. The summed E-state index contributed by atoms with van der Waals surface area (Å²) in [5.74, 6) is 0. The average Bonchev–Trinajstić information content (AvgIpc) is 3.12. The Morgan fingerprint density at radius 3 is 2.40 bits per heavy atom. The summed E-state index contributed by atoms with van der Waals surface area (Å²) >= 11 is 0. The second kappa shape index (κ2) is 7.64. The minimum absolute atomic E-state index is 0.324. The molecule has 0 bridgehead atoms. The van der Waals surface area contributed by atoms with Gasteiger partial charge in [-0.15, -0.1) is 0 Å². The first-order valence-corrected chi connectivity index (χ1v) is 9.84. The maximum absolute atomic E-state index is 12.7. The Morgan fingerprint density at radius 2 is 1.77 bits per heavy atom. The fraction of sp³-hybridized carbons (Fsp3) is 0.304. The van der Waals surface area contributed by atoms with E-state index >= 15 is 0 Å². The van der Waals surface area contributed by atoms with Crippen LogP contribution in [-0.2, 0) is 17.8 Å². The zero-order valence-electron chi connectivity index (χ0n) is 17.3. The zero-order chi connectivity index (χ0) is 21.3. The molecule has 0 fully saturated rings. The zero-order valence-corrected chi connectivity index (χ0v) is 17.3. The Hall–Kier alpha value is -3.66. The lowest BCUT2D eigenvalue weighted by Gasteiger charge is -2.30. The number of nitrogens with zero attached hydrogens (tertiary/aromatic N) is 5. The predicted octanol–water partition coefficient (Wildman–Crippen LogP) is 4.23. The predicted molar refractivity (Wildman–Crippen MR) is 112 cm³/mol. The summed E-state index contributed by atoms with van der Waals surface area (Å²) in [6.45, 7) is 7.13. The lowest BCUT2D eigenvalue weighted by Crippen LogP contribution is -2.41. The van der Waals surface area contributed by atoms with E-state index in [9.17, 15) is 4.79 Å². The molecular weight excluding hydrogens is 378 g/mol. The highest BCUT2D eigenvalue weighted by Crippen LogP contribution is 2.36.